The van der Waals surface area contributed by atoms with Crippen molar-refractivity contribution in [2.75, 3.05) is 12.3 Å². The molecule has 1 atom stereocenters. The van der Waals surface area contributed by atoms with Gasteiger partial charge in [0.2, 0.25) is 5.95 Å². The molecule has 1 unspecified atom stereocenters. The number of hydrogen-bond acceptors (Lipinski definition) is 4. The van der Waals surface area contributed by atoms with Crippen LogP contribution in [0.3, 0.4) is 0 Å². The normalized spacial score (nSPS) is 25.2. The Morgan fingerprint density at radius 2 is 2.00 bits per heavy atom. The average Bonchev–Trinajstić information content (AvgIpc) is 3.15. The number of hydrogen-bond donors (Lipinski definition) is 1. The predicted molar refractivity (Wildman–Crippen MR) is 79.8 cm³/mol. The zero-order valence-electron chi connectivity index (χ0n) is 13.2. The lowest BCUT2D eigenvalue weighted by Gasteiger charge is -2.31. The standard InChI is InChI=1S/C16H19F3N4O/c17-16(18,19)12-11-10(21-14(20)22-12)8-23(13(11)24)7-9-2-1-3-15(6-9)4-5-15/h9H,1-8H2,(H2,20,21,22). The zero-order chi connectivity index (χ0) is 17.1. The molecule has 2 heterocycles. The van der Waals surface area contributed by atoms with Crippen LogP contribution in [0.5, 0.6) is 0 Å². The molecule has 0 bridgehead atoms. The first-order valence-electron chi connectivity index (χ1n) is 8.30. The van der Waals surface area contributed by atoms with Gasteiger partial charge in [0, 0.05) is 6.54 Å². The highest BCUT2D eigenvalue weighted by Crippen LogP contribution is 2.57. The lowest BCUT2D eigenvalue weighted by atomic mass is 9.79. The second-order valence-corrected chi connectivity index (χ2v) is 7.40. The Bertz CT molecular complexity index is 699. The largest absolute Gasteiger partial charge is 0.434 e. The van der Waals surface area contributed by atoms with Gasteiger partial charge in [0.05, 0.1) is 17.8 Å². The highest BCUT2D eigenvalue weighted by atomic mass is 19.4. The molecule has 1 aliphatic heterocycles. The van der Waals surface area contributed by atoms with Gasteiger partial charge in [0.25, 0.3) is 5.91 Å². The molecule has 4 rings (SSSR count). The van der Waals surface area contributed by atoms with Gasteiger partial charge in [0.15, 0.2) is 5.69 Å². The summed E-state index contributed by atoms with van der Waals surface area (Å²) < 4.78 is 39.5. The van der Waals surface area contributed by atoms with Crippen LogP contribution in [0.2, 0.25) is 0 Å². The molecule has 0 aromatic carbocycles. The smallest absolute Gasteiger partial charge is 0.368 e. The highest BCUT2D eigenvalue weighted by Gasteiger charge is 2.47. The molecule has 8 heteroatoms. The summed E-state index contributed by atoms with van der Waals surface area (Å²) in [7, 11) is 0. The fourth-order valence-electron chi connectivity index (χ4n) is 4.31. The molecular formula is C16H19F3N4O. The molecule has 1 amide bonds. The van der Waals surface area contributed by atoms with Crippen LogP contribution in [0.25, 0.3) is 0 Å². The van der Waals surface area contributed by atoms with Crippen LogP contribution >= 0.6 is 0 Å². The van der Waals surface area contributed by atoms with Crippen molar-refractivity contribution in [1.82, 2.24) is 14.9 Å². The van der Waals surface area contributed by atoms with Gasteiger partial charge in [-0.15, -0.1) is 0 Å². The van der Waals surface area contributed by atoms with E-state index in [1.165, 1.54) is 24.2 Å². The maximum absolute atomic E-state index is 13.2. The SMILES string of the molecule is Nc1nc2c(c(C(F)(F)F)n1)C(=O)N(CC1CCCC3(CC3)C1)C2. The monoisotopic (exact) mass is 340 g/mol. The van der Waals surface area contributed by atoms with E-state index in [4.69, 9.17) is 5.73 Å². The van der Waals surface area contributed by atoms with Crippen molar-refractivity contribution in [1.29, 1.82) is 0 Å². The van der Waals surface area contributed by atoms with Crippen LogP contribution in [-0.4, -0.2) is 27.3 Å². The molecule has 1 aromatic heterocycles. The third-order valence-corrected chi connectivity index (χ3v) is 5.59. The Labute approximate surface area is 137 Å². The summed E-state index contributed by atoms with van der Waals surface area (Å²) in [5.74, 6) is -0.697. The summed E-state index contributed by atoms with van der Waals surface area (Å²) >= 11 is 0. The first kappa shape index (κ1) is 15.7. The number of carbonyl (C=O) groups is 1. The van der Waals surface area contributed by atoms with Crippen molar-refractivity contribution in [2.24, 2.45) is 11.3 Å². The van der Waals surface area contributed by atoms with Gasteiger partial charge in [0.1, 0.15) is 0 Å². The van der Waals surface area contributed by atoms with Gasteiger partial charge in [-0.3, -0.25) is 4.79 Å². The Hall–Kier alpha value is -1.86. The quantitative estimate of drug-likeness (QED) is 0.898. The summed E-state index contributed by atoms with van der Waals surface area (Å²) in [6.45, 7) is 0.585. The number of amides is 1. The van der Waals surface area contributed by atoms with E-state index in [9.17, 15) is 18.0 Å². The summed E-state index contributed by atoms with van der Waals surface area (Å²) in [4.78, 5) is 21.2. The lowest BCUT2D eigenvalue weighted by Crippen LogP contribution is -2.33. The molecule has 0 radical (unpaired) electrons. The molecule has 2 saturated carbocycles. The molecule has 1 aromatic rings. The van der Waals surface area contributed by atoms with Crippen LogP contribution in [0.1, 0.15) is 60.3 Å². The number of rotatable bonds is 2. The van der Waals surface area contributed by atoms with Crippen LogP contribution in [0.4, 0.5) is 19.1 Å². The number of alkyl halides is 3. The van der Waals surface area contributed by atoms with E-state index in [2.05, 4.69) is 9.97 Å². The molecule has 2 fully saturated rings. The molecule has 2 aliphatic carbocycles. The average molecular weight is 340 g/mol. The van der Waals surface area contributed by atoms with Crippen LogP contribution < -0.4 is 5.73 Å². The lowest BCUT2D eigenvalue weighted by molar-refractivity contribution is -0.141. The molecule has 24 heavy (non-hydrogen) atoms. The van der Waals surface area contributed by atoms with E-state index in [1.807, 2.05) is 0 Å². The van der Waals surface area contributed by atoms with Gasteiger partial charge in [-0.05, 0) is 43.4 Å². The van der Waals surface area contributed by atoms with E-state index in [1.54, 1.807) is 0 Å². The number of fused-ring (bicyclic) bond motifs is 1. The number of halogens is 3. The zero-order valence-corrected chi connectivity index (χ0v) is 13.2. The molecule has 2 N–H and O–H groups in total. The minimum atomic E-state index is -4.71. The second kappa shape index (κ2) is 5.07. The Kier molecular flexibility index (Phi) is 3.30. The number of anilines is 1. The molecule has 3 aliphatic rings. The maximum Gasteiger partial charge on any atom is 0.434 e. The number of nitrogens with two attached hydrogens (primary N) is 1. The first-order valence-corrected chi connectivity index (χ1v) is 8.30. The fourth-order valence-corrected chi connectivity index (χ4v) is 4.31. The number of carbonyl (C=O) groups excluding carboxylic acids is 1. The summed E-state index contributed by atoms with van der Waals surface area (Å²) in [5, 5.41) is 0. The molecule has 1 spiro atoms. The van der Waals surface area contributed by atoms with Crippen molar-refractivity contribution in [3.8, 4) is 0 Å². The van der Waals surface area contributed by atoms with E-state index in [-0.39, 0.29) is 12.2 Å². The molecular weight excluding hydrogens is 321 g/mol. The Morgan fingerprint density at radius 1 is 1.25 bits per heavy atom. The van der Waals surface area contributed by atoms with Crippen LogP contribution in [0, 0.1) is 11.3 Å². The van der Waals surface area contributed by atoms with E-state index < -0.39 is 29.3 Å². The Balaban J connectivity index is 1.57. The van der Waals surface area contributed by atoms with Crippen molar-refractivity contribution < 1.29 is 18.0 Å². The Morgan fingerprint density at radius 3 is 2.67 bits per heavy atom. The van der Waals surface area contributed by atoms with Crippen molar-refractivity contribution in [2.45, 2.75) is 51.2 Å². The number of nitrogen functional groups attached to an aromatic ring is 1. The van der Waals surface area contributed by atoms with E-state index >= 15 is 0 Å². The van der Waals surface area contributed by atoms with E-state index in [0.29, 0.717) is 17.9 Å². The third kappa shape index (κ3) is 2.61. The van der Waals surface area contributed by atoms with Crippen LogP contribution in [-0.2, 0) is 12.7 Å². The third-order valence-electron chi connectivity index (χ3n) is 5.59. The fraction of sp³-hybridized carbons (Fsp3) is 0.688. The number of aromatic nitrogens is 2. The van der Waals surface area contributed by atoms with Gasteiger partial charge in [-0.25, -0.2) is 9.97 Å². The summed E-state index contributed by atoms with van der Waals surface area (Å²) in [6, 6.07) is 0. The molecule has 5 nitrogen and oxygen atoms in total. The van der Waals surface area contributed by atoms with E-state index in [0.717, 1.165) is 19.3 Å². The second-order valence-electron chi connectivity index (χ2n) is 7.40. The van der Waals surface area contributed by atoms with Gasteiger partial charge in [-0.1, -0.05) is 6.42 Å². The van der Waals surface area contributed by atoms with Crippen molar-refractivity contribution in [3.63, 3.8) is 0 Å². The molecule has 130 valence electrons. The first-order chi connectivity index (χ1) is 11.3. The molecule has 0 saturated heterocycles. The summed E-state index contributed by atoms with van der Waals surface area (Å²) in [5.41, 5.74) is 4.32. The van der Waals surface area contributed by atoms with Crippen molar-refractivity contribution >= 4 is 11.9 Å². The topological polar surface area (TPSA) is 72.1 Å². The minimum absolute atomic E-state index is 0.0907. The van der Waals surface area contributed by atoms with Crippen molar-refractivity contribution in [3.05, 3.63) is 17.0 Å². The van der Waals surface area contributed by atoms with Gasteiger partial charge < -0.3 is 10.6 Å². The maximum atomic E-state index is 13.2. The van der Waals surface area contributed by atoms with Crippen LogP contribution in [0.15, 0.2) is 0 Å². The predicted octanol–water partition coefficient (Wildman–Crippen LogP) is 3.00. The van der Waals surface area contributed by atoms with Gasteiger partial charge >= 0.3 is 6.18 Å². The minimum Gasteiger partial charge on any atom is -0.368 e. The highest BCUT2D eigenvalue weighted by molar-refractivity contribution is 5.99. The number of nitrogens with zero attached hydrogens (tertiary/aromatic N) is 3. The summed E-state index contributed by atoms with van der Waals surface area (Å²) in [6.07, 6.45) is 2.28. The van der Waals surface area contributed by atoms with Gasteiger partial charge in [-0.2, -0.15) is 13.2 Å².